The Labute approximate surface area is 155 Å². The van der Waals surface area contributed by atoms with Gasteiger partial charge in [-0.25, -0.2) is 9.50 Å². The second kappa shape index (κ2) is 5.66. The number of halogens is 4. The quantitative estimate of drug-likeness (QED) is 0.529. The van der Waals surface area contributed by atoms with Crippen LogP contribution in [0.3, 0.4) is 0 Å². The molecule has 1 aliphatic carbocycles. The lowest BCUT2D eigenvalue weighted by molar-refractivity contribution is -0.141. The molecule has 0 N–H and O–H groups in total. The van der Waals surface area contributed by atoms with Crippen LogP contribution in [0.1, 0.15) is 29.4 Å². The van der Waals surface area contributed by atoms with E-state index in [0.717, 1.165) is 27.9 Å². The maximum absolute atomic E-state index is 12.7. The van der Waals surface area contributed by atoms with E-state index in [4.69, 9.17) is 11.6 Å². The standard InChI is InChI=1S/C17H12ClF3N6/c18-15-5-12(16-22-1-2-26(16)25-15)11-4-10(11)9-3-14-13(23-6-9)7-24-27(14)8-17(19,20)21/h1-3,5-7,10-11H,4,8H2/t10?,11-/m0/s1. The summed E-state index contributed by atoms with van der Waals surface area (Å²) in [6.45, 7) is -1.13. The molecule has 0 radical (unpaired) electrons. The summed E-state index contributed by atoms with van der Waals surface area (Å²) in [6, 6.07) is 3.55. The summed E-state index contributed by atoms with van der Waals surface area (Å²) < 4.78 is 40.8. The largest absolute Gasteiger partial charge is 0.408 e. The highest BCUT2D eigenvalue weighted by Gasteiger charge is 2.42. The highest BCUT2D eigenvalue weighted by Crippen LogP contribution is 2.55. The topological polar surface area (TPSA) is 60.9 Å². The molecule has 0 aromatic carbocycles. The average Bonchev–Trinajstić information content (AvgIpc) is 3.10. The molecule has 4 heterocycles. The van der Waals surface area contributed by atoms with Crippen LogP contribution in [0.15, 0.2) is 36.9 Å². The second-order valence-electron chi connectivity index (χ2n) is 6.66. The molecule has 10 heteroatoms. The number of nitrogens with zero attached hydrogens (tertiary/aromatic N) is 6. The van der Waals surface area contributed by atoms with Crippen LogP contribution in [-0.2, 0) is 6.54 Å². The molecule has 1 fully saturated rings. The number of aromatic nitrogens is 6. The van der Waals surface area contributed by atoms with Gasteiger partial charge in [-0.05, 0) is 36.0 Å². The minimum Gasteiger partial charge on any atom is -0.254 e. The van der Waals surface area contributed by atoms with Crippen LogP contribution in [0.5, 0.6) is 0 Å². The maximum Gasteiger partial charge on any atom is 0.408 e. The molecule has 1 aliphatic rings. The summed E-state index contributed by atoms with van der Waals surface area (Å²) in [4.78, 5) is 8.61. The van der Waals surface area contributed by atoms with Gasteiger partial charge in [0.05, 0.1) is 11.7 Å². The number of fused-ring (bicyclic) bond motifs is 2. The van der Waals surface area contributed by atoms with Crippen molar-refractivity contribution in [1.29, 1.82) is 0 Å². The van der Waals surface area contributed by atoms with E-state index in [-0.39, 0.29) is 11.8 Å². The lowest BCUT2D eigenvalue weighted by Gasteiger charge is -2.08. The third kappa shape index (κ3) is 2.91. The van der Waals surface area contributed by atoms with E-state index in [9.17, 15) is 13.2 Å². The van der Waals surface area contributed by atoms with Crippen LogP contribution in [0.2, 0.25) is 5.15 Å². The zero-order valence-electron chi connectivity index (χ0n) is 13.7. The van der Waals surface area contributed by atoms with Gasteiger partial charge < -0.3 is 0 Å². The SMILES string of the molecule is FC(F)(F)Cn1ncc2ncc(C3C[C@@H]3c3cc(Cl)nn4ccnc34)cc21. The Balaban J connectivity index is 1.50. The predicted molar refractivity (Wildman–Crippen MR) is 91.7 cm³/mol. The Bertz CT molecular complexity index is 1160. The summed E-state index contributed by atoms with van der Waals surface area (Å²) in [5.74, 6) is 0.323. The van der Waals surface area contributed by atoms with Gasteiger partial charge in [-0.2, -0.15) is 23.4 Å². The number of alkyl halides is 3. The van der Waals surface area contributed by atoms with Gasteiger partial charge in [0.2, 0.25) is 0 Å². The molecule has 27 heavy (non-hydrogen) atoms. The normalized spacial score (nSPS) is 19.9. The second-order valence-corrected chi connectivity index (χ2v) is 7.04. The molecule has 0 amide bonds. The first kappa shape index (κ1) is 16.5. The molecule has 1 saturated carbocycles. The van der Waals surface area contributed by atoms with Crippen LogP contribution in [0.4, 0.5) is 13.2 Å². The summed E-state index contributed by atoms with van der Waals surface area (Å²) in [6.07, 6.45) is 2.96. The van der Waals surface area contributed by atoms with Crippen LogP contribution in [0.25, 0.3) is 16.7 Å². The Hall–Kier alpha value is -2.68. The van der Waals surface area contributed by atoms with Crippen LogP contribution in [-0.4, -0.2) is 35.5 Å². The monoisotopic (exact) mass is 392 g/mol. The average molecular weight is 393 g/mol. The number of rotatable bonds is 3. The molecule has 2 atom stereocenters. The van der Waals surface area contributed by atoms with Crippen molar-refractivity contribution in [2.75, 3.05) is 0 Å². The third-order valence-electron chi connectivity index (χ3n) is 4.82. The number of hydrogen-bond acceptors (Lipinski definition) is 4. The molecular weight excluding hydrogens is 381 g/mol. The summed E-state index contributed by atoms with van der Waals surface area (Å²) in [5.41, 5.74) is 3.43. The molecule has 5 rings (SSSR count). The van der Waals surface area contributed by atoms with E-state index in [1.165, 1.54) is 6.20 Å². The van der Waals surface area contributed by atoms with Crippen molar-refractivity contribution in [1.82, 2.24) is 29.4 Å². The fraction of sp³-hybridized carbons (Fsp3) is 0.294. The molecule has 0 spiro atoms. The predicted octanol–water partition coefficient (Wildman–Crippen LogP) is 3.96. The van der Waals surface area contributed by atoms with Crippen molar-refractivity contribution in [3.8, 4) is 0 Å². The number of pyridine rings is 1. The van der Waals surface area contributed by atoms with Crippen molar-refractivity contribution in [3.63, 3.8) is 0 Å². The Kier molecular flexibility index (Phi) is 3.45. The van der Waals surface area contributed by atoms with E-state index >= 15 is 0 Å². The molecule has 1 unspecified atom stereocenters. The van der Waals surface area contributed by atoms with Gasteiger partial charge in [0.25, 0.3) is 0 Å². The van der Waals surface area contributed by atoms with Crippen LogP contribution < -0.4 is 0 Å². The van der Waals surface area contributed by atoms with Crippen molar-refractivity contribution < 1.29 is 13.2 Å². The first-order valence-electron chi connectivity index (χ1n) is 8.27. The van der Waals surface area contributed by atoms with Gasteiger partial charge >= 0.3 is 6.18 Å². The van der Waals surface area contributed by atoms with E-state index in [1.54, 1.807) is 35.2 Å². The van der Waals surface area contributed by atoms with Gasteiger partial charge in [-0.3, -0.25) is 9.67 Å². The number of imidazole rings is 1. The van der Waals surface area contributed by atoms with Gasteiger partial charge in [-0.1, -0.05) is 11.6 Å². The molecule has 138 valence electrons. The minimum absolute atomic E-state index is 0.148. The molecule has 4 aromatic heterocycles. The highest BCUT2D eigenvalue weighted by atomic mass is 35.5. The highest BCUT2D eigenvalue weighted by molar-refractivity contribution is 6.29. The smallest absolute Gasteiger partial charge is 0.254 e. The van der Waals surface area contributed by atoms with Gasteiger partial charge in [0.15, 0.2) is 5.65 Å². The molecule has 0 saturated heterocycles. The zero-order chi connectivity index (χ0) is 18.8. The Morgan fingerprint density at radius 3 is 2.81 bits per heavy atom. The molecule has 6 nitrogen and oxygen atoms in total. The Morgan fingerprint density at radius 2 is 2.00 bits per heavy atom. The van der Waals surface area contributed by atoms with E-state index in [0.29, 0.717) is 16.2 Å². The van der Waals surface area contributed by atoms with Crippen molar-refractivity contribution in [2.45, 2.75) is 31.0 Å². The lowest BCUT2D eigenvalue weighted by Crippen LogP contribution is -2.18. The van der Waals surface area contributed by atoms with Gasteiger partial charge in [-0.15, -0.1) is 0 Å². The minimum atomic E-state index is -4.34. The maximum atomic E-state index is 12.7. The van der Waals surface area contributed by atoms with E-state index in [1.807, 2.05) is 0 Å². The third-order valence-corrected chi connectivity index (χ3v) is 5.01. The number of hydrogen-bond donors (Lipinski definition) is 0. The summed E-state index contributed by atoms with van der Waals surface area (Å²) in [7, 11) is 0. The Morgan fingerprint density at radius 1 is 1.15 bits per heavy atom. The van der Waals surface area contributed by atoms with Crippen molar-refractivity contribution >= 4 is 28.3 Å². The van der Waals surface area contributed by atoms with Crippen LogP contribution in [0, 0.1) is 0 Å². The van der Waals surface area contributed by atoms with Crippen molar-refractivity contribution in [2.24, 2.45) is 0 Å². The summed E-state index contributed by atoms with van der Waals surface area (Å²) >= 11 is 6.10. The fourth-order valence-electron chi connectivity index (χ4n) is 3.56. The van der Waals surface area contributed by atoms with Gasteiger partial charge in [0, 0.05) is 24.2 Å². The fourth-order valence-corrected chi connectivity index (χ4v) is 3.76. The zero-order valence-corrected chi connectivity index (χ0v) is 14.5. The van der Waals surface area contributed by atoms with Crippen LogP contribution >= 0.6 is 11.6 Å². The molecular formula is C17H12ClF3N6. The summed E-state index contributed by atoms with van der Waals surface area (Å²) in [5, 5.41) is 8.37. The van der Waals surface area contributed by atoms with Crippen molar-refractivity contribution in [3.05, 3.63) is 53.2 Å². The van der Waals surface area contributed by atoms with E-state index < -0.39 is 12.7 Å². The first-order chi connectivity index (χ1) is 12.9. The first-order valence-corrected chi connectivity index (χ1v) is 8.65. The van der Waals surface area contributed by atoms with Gasteiger partial charge in [0.1, 0.15) is 17.2 Å². The molecule has 0 aliphatic heterocycles. The molecule has 4 aromatic rings. The van der Waals surface area contributed by atoms with E-state index in [2.05, 4.69) is 20.2 Å². The lowest BCUT2D eigenvalue weighted by atomic mass is 10.1. The molecule has 0 bridgehead atoms.